The Bertz CT molecular complexity index is 544. The van der Waals surface area contributed by atoms with Crippen LogP contribution in [0.25, 0.3) is 0 Å². The van der Waals surface area contributed by atoms with Crippen LogP contribution in [0.1, 0.15) is 24.8 Å². The molecule has 1 aromatic carbocycles. The molecule has 0 spiro atoms. The lowest BCUT2D eigenvalue weighted by Crippen LogP contribution is -2.46. The van der Waals surface area contributed by atoms with E-state index in [0.29, 0.717) is 13.0 Å². The molecule has 118 valence electrons. The van der Waals surface area contributed by atoms with Crippen LogP contribution in [0.15, 0.2) is 30.3 Å². The van der Waals surface area contributed by atoms with Gasteiger partial charge in [0.25, 0.3) is 0 Å². The third kappa shape index (κ3) is 4.31. The Morgan fingerprint density at radius 2 is 1.95 bits per heavy atom. The number of likely N-dealkylation sites (tertiary alicyclic amines) is 1. The van der Waals surface area contributed by atoms with Crippen LogP contribution in [0.3, 0.4) is 0 Å². The molecule has 2 rings (SSSR count). The molecule has 1 heterocycles. The minimum atomic E-state index is -0.955. The minimum Gasteiger partial charge on any atom is -0.481 e. The molecule has 1 aliphatic rings. The van der Waals surface area contributed by atoms with E-state index in [0.717, 1.165) is 12.0 Å². The van der Waals surface area contributed by atoms with Gasteiger partial charge in [-0.05, 0) is 18.4 Å². The predicted octanol–water partition coefficient (Wildman–Crippen LogP) is 0.811. The van der Waals surface area contributed by atoms with Crippen LogP contribution in [0.2, 0.25) is 0 Å². The lowest BCUT2D eigenvalue weighted by molar-refractivity contribution is -0.139. The lowest BCUT2D eigenvalue weighted by Gasteiger charge is -2.24. The first-order chi connectivity index (χ1) is 10.6. The molecule has 6 nitrogen and oxygen atoms in total. The van der Waals surface area contributed by atoms with Gasteiger partial charge in [-0.3, -0.25) is 14.4 Å². The zero-order valence-electron chi connectivity index (χ0n) is 12.3. The Hall–Kier alpha value is -2.37. The van der Waals surface area contributed by atoms with Crippen LogP contribution in [0, 0.1) is 0 Å². The molecule has 1 aromatic rings. The monoisotopic (exact) mass is 304 g/mol. The quantitative estimate of drug-likeness (QED) is 0.814. The number of nitrogens with zero attached hydrogens (tertiary/aromatic N) is 1. The highest BCUT2D eigenvalue weighted by molar-refractivity contribution is 5.89. The maximum absolute atomic E-state index is 12.4. The van der Waals surface area contributed by atoms with E-state index in [9.17, 15) is 14.4 Å². The minimum absolute atomic E-state index is 0.0675. The summed E-state index contributed by atoms with van der Waals surface area (Å²) in [7, 11) is 0. The van der Waals surface area contributed by atoms with Crippen LogP contribution < -0.4 is 5.32 Å². The first-order valence-corrected chi connectivity index (χ1v) is 7.41. The number of carboxylic acid groups (broad SMARTS) is 1. The molecule has 0 radical (unpaired) electrons. The van der Waals surface area contributed by atoms with E-state index in [1.54, 1.807) is 4.90 Å². The van der Waals surface area contributed by atoms with Gasteiger partial charge in [-0.1, -0.05) is 30.3 Å². The van der Waals surface area contributed by atoms with Crippen molar-refractivity contribution in [1.82, 2.24) is 10.2 Å². The SMILES string of the molecule is O=C(O)CCNC(=O)[C@@H]1CCCN1C(=O)Cc1ccccc1. The number of carbonyl (C=O) groups excluding carboxylic acids is 2. The van der Waals surface area contributed by atoms with Gasteiger partial charge >= 0.3 is 5.97 Å². The smallest absolute Gasteiger partial charge is 0.305 e. The molecule has 0 unspecified atom stereocenters. The van der Waals surface area contributed by atoms with Crippen LogP contribution in [0.4, 0.5) is 0 Å². The zero-order chi connectivity index (χ0) is 15.9. The fourth-order valence-electron chi connectivity index (χ4n) is 2.62. The van der Waals surface area contributed by atoms with E-state index >= 15 is 0 Å². The summed E-state index contributed by atoms with van der Waals surface area (Å²) in [6.45, 7) is 0.661. The molecule has 1 atom stereocenters. The summed E-state index contributed by atoms with van der Waals surface area (Å²) in [6.07, 6.45) is 1.58. The Balaban J connectivity index is 1.90. The number of aliphatic carboxylic acids is 1. The number of benzene rings is 1. The van der Waals surface area contributed by atoms with Crippen molar-refractivity contribution in [3.8, 4) is 0 Å². The Morgan fingerprint density at radius 3 is 2.64 bits per heavy atom. The van der Waals surface area contributed by atoms with Gasteiger partial charge in [0.1, 0.15) is 6.04 Å². The Morgan fingerprint density at radius 1 is 1.23 bits per heavy atom. The van der Waals surface area contributed by atoms with Crippen molar-refractivity contribution >= 4 is 17.8 Å². The number of rotatable bonds is 6. The molecule has 1 saturated heterocycles. The molecule has 6 heteroatoms. The van der Waals surface area contributed by atoms with E-state index in [4.69, 9.17) is 5.11 Å². The number of nitrogens with one attached hydrogen (secondary N) is 1. The third-order valence-electron chi connectivity index (χ3n) is 3.71. The van der Waals surface area contributed by atoms with E-state index in [1.165, 1.54) is 0 Å². The van der Waals surface area contributed by atoms with Crippen molar-refractivity contribution in [2.45, 2.75) is 31.7 Å². The lowest BCUT2D eigenvalue weighted by atomic mass is 10.1. The summed E-state index contributed by atoms with van der Waals surface area (Å²) in [4.78, 5) is 36.5. The standard InChI is InChI=1S/C16H20N2O4/c19-14(11-12-5-2-1-3-6-12)18-10-4-7-13(18)16(22)17-9-8-15(20)21/h1-3,5-6,13H,4,7-11H2,(H,17,22)(H,20,21)/t13-/m0/s1. The summed E-state index contributed by atoms with van der Waals surface area (Å²) < 4.78 is 0. The van der Waals surface area contributed by atoms with Gasteiger partial charge < -0.3 is 15.3 Å². The summed E-state index contributed by atoms with van der Waals surface area (Å²) in [5.74, 6) is -1.29. The van der Waals surface area contributed by atoms with Gasteiger partial charge in [0.2, 0.25) is 11.8 Å². The van der Waals surface area contributed by atoms with E-state index in [1.807, 2.05) is 30.3 Å². The summed E-state index contributed by atoms with van der Waals surface area (Å²) in [6, 6.07) is 8.93. The van der Waals surface area contributed by atoms with E-state index in [-0.39, 0.29) is 31.2 Å². The largest absolute Gasteiger partial charge is 0.481 e. The molecule has 22 heavy (non-hydrogen) atoms. The van der Waals surface area contributed by atoms with Crippen molar-refractivity contribution in [3.63, 3.8) is 0 Å². The topological polar surface area (TPSA) is 86.7 Å². The predicted molar refractivity (Wildman–Crippen MR) is 80.1 cm³/mol. The van der Waals surface area contributed by atoms with Crippen molar-refractivity contribution in [3.05, 3.63) is 35.9 Å². The Labute approximate surface area is 129 Å². The number of carbonyl (C=O) groups is 3. The van der Waals surface area contributed by atoms with Gasteiger partial charge in [0, 0.05) is 13.1 Å². The summed E-state index contributed by atoms with van der Waals surface area (Å²) in [5.41, 5.74) is 0.921. The second-order valence-corrected chi connectivity index (χ2v) is 5.34. The van der Waals surface area contributed by atoms with Gasteiger partial charge in [0.05, 0.1) is 12.8 Å². The van der Waals surface area contributed by atoms with Crippen molar-refractivity contribution in [2.24, 2.45) is 0 Å². The second-order valence-electron chi connectivity index (χ2n) is 5.34. The molecule has 0 bridgehead atoms. The van der Waals surface area contributed by atoms with Crippen LogP contribution >= 0.6 is 0 Å². The zero-order valence-corrected chi connectivity index (χ0v) is 12.3. The van der Waals surface area contributed by atoms with Crippen LogP contribution in [-0.2, 0) is 20.8 Å². The molecule has 0 aliphatic carbocycles. The maximum Gasteiger partial charge on any atom is 0.305 e. The molecular formula is C16H20N2O4. The average Bonchev–Trinajstić information content (AvgIpc) is 2.97. The second kappa shape index (κ2) is 7.59. The normalized spacial score (nSPS) is 17.3. The first kappa shape index (κ1) is 16.0. The highest BCUT2D eigenvalue weighted by Crippen LogP contribution is 2.19. The molecule has 0 aromatic heterocycles. The first-order valence-electron chi connectivity index (χ1n) is 7.41. The molecular weight excluding hydrogens is 284 g/mol. The van der Waals surface area contributed by atoms with Gasteiger partial charge in [-0.15, -0.1) is 0 Å². The number of hydrogen-bond donors (Lipinski definition) is 2. The summed E-state index contributed by atoms with van der Waals surface area (Å²) >= 11 is 0. The molecule has 2 N–H and O–H groups in total. The highest BCUT2D eigenvalue weighted by Gasteiger charge is 2.33. The number of carboxylic acids is 1. The van der Waals surface area contributed by atoms with Gasteiger partial charge in [-0.2, -0.15) is 0 Å². The number of amides is 2. The molecule has 2 amide bonds. The van der Waals surface area contributed by atoms with Crippen molar-refractivity contribution in [2.75, 3.05) is 13.1 Å². The molecule has 1 aliphatic heterocycles. The highest BCUT2D eigenvalue weighted by atomic mass is 16.4. The van der Waals surface area contributed by atoms with Crippen molar-refractivity contribution in [1.29, 1.82) is 0 Å². The maximum atomic E-state index is 12.4. The fraction of sp³-hybridized carbons (Fsp3) is 0.438. The van der Waals surface area contributed by atoms with E-state index in [2.05, 4.69) is 5.32 Å². The summed E-state index contributed by atoms with van der Waals surface area (Å²) in [5, 5.41) is 11.2. The Kier molecular flexibility index (Phi) is 5.52. The average molecular weight is 304 g/mol. The van der Waals surface area contributed by atoms with Gasteiger partial charge in [0.15, 0.2) is 0 Å². The van der Waals surface area contributed by atoms with Crippen molar-refractivity contribution < 1.29 is 19.5 Å². The fourth-order valence-corrected chi connectivity index (χ4v) is 2.62. The van der Waals surface area contributed by atoms with E-state index < -0.39 is 12.0 Å². The third-order valence-corrected chi connectivity index (χ3v) is 3.71. The van der Waals surface area contributed by atoms with Crippen LogP contribution in [0.5, 0.6) is 0 Å². The molecule has 0 saturated carbocycles. The number of hydrogen-bond acceptors (Lipinski definition) is 3. The van der Waals surface area contributed by atoms with Gasteiger partial charge in [-0.25, -0.2) is 0 Å². The van der Waals surface area contributed by atoms with Crippen LogP contribution in [-0.4, -0.2) is 46.9 Å². The molecule has 1 fully saturated rings.